The van der Waals surface area contributed by atoms with Crippen LogP contribution >= 0.6 is 0 Å². The molecule has 122 valence electrons. The van der Waals surface area contributed by atoms with Gasteiger partial charge in [-0.1, -0.05) is 34.6 Å². The summed E-state index contributed by atoms with van der Waals surface area (Å²) in [5.74, 6) is -0.0434. The molecule has 0 aromatic carbocycles. The van der Waals surface area contributed by atoms with Crippen LogP contribution in [0.25, 0.3) is 0 Å². The third-order valence-electron chi connectivity index (χ3n) is 4.59. The van der Waals surface area contributed by atoms with E-state index in [4.69, 9.17) is 10.5 Å². The number of hydrogen-bond donors (Lipinski definition) is 1. The molecular formula is C16H30N2O3. The third-order valence-corrected chi connectivity index (χ3v) is 4.59. The summed E-state index contributed by atoms with van der Waals surface area (Å²) in [5.41, 5.74) is 6.08. The van der Waals surface area contributed by atoms with Crippen LogP contribution in [0.1, 0.15) is 47.5 Å². The molecule has 1 aliphatic rings. The van der Waals surface area contributed by atoms with Crippen molar-refractivity contribution in [2.45, 2.75) is 59.5 Å². The van der Waals surface area contributed by atoms with Gasteiger partial charge in [-0.05, 0) is 30.1 Å². The Morgan fingerprint density at radius 1 is 1.29 bits per heavy atom. The molecule has 1 heterocycles. The number of carbonyl (C=O) groups excluding carboxylic acids is 2. The molecule has 0 unspecified atom stereocenters. The number of hydrogen-bond acceptors (Lipinski definition) is 4. The molecule has 5 nitrogen and oxygen atoms in total. The number of nitrogens with zero attached hydrogens (tertiary/aromatic N) is 1. The number of rotatable bonds is 3. The fraction of sp³-hybridized carbons (Fsp3) is 0.875. The molecule has 21 heavy (non-hydrogen) atoms. The second kappa shape index (κ2) is 6.77. The van der Waals surface area contributed by atoms with Gasteiger partial charge >= 0.3 is 5.97 Å². The van der Waals surface area contributed by atoms with Gasteiger partial charge in [0.1, 0.15) is 6.04 Å². The lowest BCUT2D eigenvalue weighted by molar-refractivity contribution is -0.157. The Kier molecular flexibility index (Phi) is 5.79. The highest BCUT2D eigenvalue weighted by Gasteiger charge is 2.41. The summed E-state index contributed by atoms with van der Waals surface area (Å²) in [5, 5.41) is 0. The molecule has 1 rings (SSSR count). The standard InChI is InChI=1S/C16H30N2O3/c1-10(2)13(17)14(19)18-8-7-11(16(3,4)5)9-12(18)15(20)21-6/h10-13H,7-9,17H2,1-6H3/t11-,12+,13+/m1/s1. The van der Waals surface area contributed by atoms with Gasteiger partial charge in [0.25, 0.3) is 0 Å². The first kappa shape index (κ1) is 18.0. The minimum absolute atomic E-state index is 0.0520. The fourth-order valence-electron chi connectivity index (χ4n) is 2.85. The highest BCUT2D eigenvalue weighted by Crippen LogP contribution is 2.37. The average molecular weight is 298 g/mol. The van der Waals surface area contributed by atoms with Crippen molar-refractivity contribution in [1.29, 1.82) is 0 Å². The first-order valence-corrected chi connectivity index (χ1v) is 7.73. The average Bonchev–Trinajstić information content (AvgIpc) is 2.43. The summed E-state index contributed by atoms with van der Waals surface area (Å²) in [7, 11) is 1.37. The van der Waals surface area contributed by atoms with Crippen molar-refractivity contribution in [3.05, 3.63) is 0 Å². The van der Waals surface area contributed by atoms with Crippen LogP contribution in [-0.2, 0) is 14.3 Å². The summed E-state index contributed by atoms with van der Waals surface area (Å²) in [4.78, 5) is 26.2. The minimum atomic E-state index is -0.566. The predicted molar refractivity (Wildman–Crippen MR) is 82.5 cm³/mol. The van der Waals surface area contributed by atoms with E-state index in [-0.39, 0.29) is 23.2 Å². The number of nitrogens with two attached hydrogens (primary N) is 1. The molecule has 0 saturated carbocycles. The van der Waals surface area contributed by atoms with Gasteiger partial charge in [0.2, 0.25) is 5.91 Å². The Morgan fingerprint density at radius 2 is 1.86 bits per heavy atom. The summed E-state index contributed by atoms with van der Waals surface area (Å²) < 4.78 is 4.90. The largest absolute Gasteiger partial charge is 0.467 e. The Balaban J connectivity index is 2.94. The molecule has 0 aromatic rings. The second-order valence-electron chi connectivity index (χ2n) is 7.43. The van der Waals surface area contributed by atoms with E-state index in [1.165, 1.54) is 7.11 Å². The molecular weight excluding hydrogens is 268 g/mol. The molecule has 5 heteroatoms. The van der Waals surface area contributed by atoms with Crippen LogP contribution in [0.3, 0.4) is 0 Å². The highest BCUT2D eigenvalue weighted by molar-refractivity contribution is 5.87. The predicted octanol–water partition coefficient (Wildman–Crippen LogP) is 1.80. The number of methoxy groups -OCH3 is 1. The van der Waals surface area contributed by atoms with Crippen LogP contribution in [0, 0.1) is 17.3 Å². The van der Waals surface area contributed by atoms with Gasteiger partial charge in [-0.25, -0.2) is 4.79 Å². The van der Waals surface area contributed by atoms with Gasteiger partial charge < -0.3 is 15.4 Å². The molecule has 0 bridgehead atoms. The maximum atomic E-state index is 12.5. The SMILES string of the molecule is COC(=O)[C@@H]1C[C@H](C(C)(C)C)CCN1C(=O)[C@@H](N)C(C)C. The lowest BCUT2D eigenvalue weighted by Gasteiger charge is -2.43. The van der Waals surface area contributed by atoms with Crippen LogP contribution < -0.4 is 5.73 Å². The molecule has 1 aliphatic heterocycles. The fourth-order valence-corrected chi connectivity index (χ4v) is 2.85. The Morgan fingerprint density at radius 3 is 2.29 bits per heavy atom. The molecule has 1 saturated heterocycles. The normalized spacial score (nSPS) is 24.9. The van der Waals surface area contributed by atoms with Gasteiger partial charge in [0, 0.05) is 6.54 Å². The van der Waals surface area contributed by atoms with E-state index in [0.717, 1.165) is 6.42 Å². The maximum Gasteiger partial charge on any atom is 0.328 e. The zero-order chi connectivity index (χ0) is 16.4. The third kappa shape index (κ3) is 4.19. The van der Waals surface area contributed by atoms with Crippen molar-refractivity contribution in [1.82, 2.24) is 4.90 Å². The summed E-state index contributed by atoms with van der Waals surface area (Å²) in [6, 6.07) is -1.08. The van der Waals surface area contributed by atoms with Crippen molar-refractivity contribution in [3.8, 4) is 0 Å². The second-order valence-corrected chi connectivity index (χ2v) is 7.43. The molecule has 2 N–H and O–H groups in total. The quantitative estimate of drug-likeness (QED) is 0.806. The number of piperidine rings is 1. The Labute approximate surface area is 128 Å². The lowest BCUT2D eigenvalue weighted by Crippen LogP contribution is -2.57. The summed E-state index contributed by atoms with van der Waals surface area (Å²) in [6.45, 7) is 10.9. The van der Waals surface area contributed by atoms with Crippen LogP contribution in [0.15, 0.2) is 0 Å². The number of esters is 1. The molecule has 0 aromatic heterocycles. The van der Waals surface area contributed by atoms with Crippen molar-refractivity contribution < 1.29 is 14.3 Å². The number of likely N-dealkylation sites (tertiary alicyclic amines) is 1. The number of amides is 1. The zero-order valence-electron chi connectivity index (χ0n) is 14.2. The lowest BCUT2D eigenvalue weighted by atomic mass is 9.73. The van der Waals surface area contributed by atoms with E-state index in [1.54, 1.807) is 4.90 Å². The van der Waals surface area contributed by atoms with E-state index in [1.807, 2.05) is 13.8 Å². The van der Waals surface area contributed by atoms with Gasteiger partial charge in [0.05, 0.1) is 13.2 Å². The van der Waals surface area contributed by atoms with Crippen LogP contribution in [-0.4, -0.2) is 42.5 Å². The number of ether oxygens (including phenoxy) is 1. The van der Waals surface area contributed by atoms with E-state index in [9.17, 15) is 9.59 Å². The topological polar surface area (TPSA) is 72.6 Å². The van der Waals surface area contributed by atoms with E-state index < -0.39 is 12.1 Å². The summed E-state index contributed by atoms with van der Waals surface area (Å²) >= 11 is 0. The molecule has 1 amide bonds. The van der Waals surface area contributed by atoms with Crippen molar-refractivity contribution in [3.63, 3.8) is 0 Å². The van der Waals surface area contributed by atoms with Gasteiger partial charge in [-0.15, -0.1) is 0 Å². The van der Waals surface area contributed by atoms with E-state index in [2.05, 4.69) is 20.8 Å². The molecule has 0 aliphatic carbocycles. The first-order chi connectivity index (χ1) is 9.59. The Bertz CT molecular complexity index is 387. The van der Waals surface area contributed by atoms with Gasteiger partial charge in [-0.3, -0.25) is 4.79 Å². The highest BCUT2D eigenvalue weighted by atomic mass is 16.5. The minimum Gasteiger partial charge on any atom is -0.467 e. The Hall–Kier alpha value is -1.10. The summed E-state index contributed by atoms with van der Waals surface area (Å²) in [6.07, 6.45) is 1.54. The van der Waals surface area contributed by atoms with Crippen molar-refractivity contribution >= 4 is 11.9 Å². The van der Waals surface area contributed by atoms with Crippen LogP contribution in [0.2, 0.25) is 0 Å². The van der Waals surface area contributed by atoms with Crippen LogP contribution in [0.5, 0.6) is 0 Å². The van der Waals surface area contributed by atoms with Gasteiger partial charge in [0.15, 0.2) is 0 Å². The van der Waals surface area contributed by atoms with Crippen molar-refractivity contribution in [2.75, 3.05) is 13.7 Å². The maximum absolute atomic E-state index is 12.5. The molecule has 0 radical (unpaired) electrons. The molecule has 3 atom stereocenters. The zero-order valence-corrected chi connectivity index (χ0v) is 14.2. The van der Waals surface area contributed by atoms with Gasteiger partial charge in [-0.2, -0.15) is 0 Å². The monoisotopic (exact) mass is 298 g/mol. The molecule has 1 fully saturated rings. The number of carbonyl (C=O) groups is 2. The molecule has 0 spiro atoms. The van der Waals surface area contributed by atoms with E-state index in [0.29, 0.717) is 18.9 Å². The van der Waals surface area contributed by atoms with Crippen molar-refractivity contribution in [2.24, 2.45) is 23.0 Å². The first-order valence-electron chi connectivity index (χ1n) is 7.73. The van der Waals surface area contributed by atoms with E-state index >= 15 is 0 Å². The van der Waals surface area contributed by atoms with Crippen LogP contribution in [0.4, 0.5) is 0 Å². The smallest absolute Gasteiger partial charge is 0.328 e.